The fraction of sp³-hybridized carbons (Fsp3) is 0.385. The Morgan fingerprint density at radius 3 is 3.00 bits per heavy atom. The summed E-state index contributed by atoms with van der Waals surface area (Å²) in [5.41, 5.74) is 6.71. The Bertz CT molecular complexity index is 522. The Morgan fingerprint density at radius 2 is 2.30 bits per heavy atom. The van der Waals surface area contributed by atoms with Gasteiger partial charge in [0.1, 0.15) is 6.61 Å². The van der Waals surface area contributed by atoms with Gasteiger partial charge in [-0.05, 0) is 24.6 Å². The van der Waals surface area contributed by atoms with Gasteiger partial charge in [-0.2, -0.15) is 0 Å². The molecule has 3 N–H and O–H groups in total. The Balaban J connectivity index is 1.77. The van der Waals surface area contributed by atoms with Crippen LogP contribution >= 0.6 is 11.6 Å². The summed E-state index contributed by atoms with van der Waals surface area (Å²) in [6, 6.07) is 4.90. The molecule has 0 unspecified atom stereocenters. The standard InChI is InChI=1S/C13H16ClN3O3/c14-9-3-4-10(15)11(8-9)16-12(18)2-1-5-17-6-7-20-13(17)19/h3-4,8H,1-2,5-7,15H2,(H,16,18). The predicted molar refractivity (Wildman–Crippen MR) is 76.6 cm³/mol. The molecule has 2 rings (SSSR count). The average molecular weight is 298 g/mol. The molecule has 1 heterocycles. The first kappa shape index (κ1) is 14.5. The van der Waals surface area contributed by atoms with E-state index in [9.17, 15) is 9.59 Å². The van der Waals surface area contributed by atoms with Crippen molar-refractivity contribution >= 4 is 35.0 Å². The monoisotopic (exact) mass is 297 g/mol. The SMILES string of the molecule is Nc1ccc(Cl)cc1NC(=O)CCCN1CCOC1=O. The van der Waals surface area contributed by atoms with E-state index in [4.69, 9.17) is 22.1 Å². The number of nitrogens with two attached hydrogens (primary N) is 1. The van der Waals surface area contributed by atoms with Crippen LogP contribution < -0.4 is 11.1 Å². The van der Waals surface area contributed by atoms with Gasteiger partial charge in [0.25, 0.3) is 0 Å². The molecule has 0 saturated carbocycles. The van der Waals surface area contributed by atoms with Gasteiger partial charge in [0.05, 0.1) is 17.9 Å². The van der Waals surface area contributed by atoms with Crippen molar-refractivity contribution in [1.29, 1.82) is 0 Å². The minimum Gasteiger partial charge on any atom is -0.448 e. The van der Waals surface area contributed by atoms with Gasteiger partial charge in [-0.15, -0.1) is 0 Å². The van der Waals surface area contributed by atoms with Crippen LogP contribution in [0, 0.1) is 0 Å². The average Bonchev–Trinajstić information content (AvgIpc) is 2.80. The molecule has 1 aromatic rings. The van der Waals surface area contributed by atoms with Crippen LogP contribution in [0.3, 0.4) is 0 Å². The van der Waals surface area contributed by atoms with E-state index in [1.807, 2.05) is 0 Å². The second kappa shape index (κ2) is 6.47. The molecule has 7 heteroatoms. The molecular weight excluding hydrogens is 282 g/mol. The third kappa shape index (κ3) is 3.77. The minimum atomic E-state index is -0.315. The van der Waals surface area contributed by atoms with Crippen molar-refractivity contribution in [2.45, 2.75) is 12.8 Å². The number of nitrogens with one attached hydrogen (secondary N) is 1. The fourth-order valence-corrected chi connectivity index (χ4v) is 2.08. The number of nitrogens with zero attached hydrogens (tertiary/aromatic N) is 1. The summed E-state index contributed by atoms with van der Waals surface area (Å²) in [5.74, 6) is -0.161. The molecule has 1 saturated heterocycles. The number of hydrogen-bond donors (Lipinski definition) is 2. The molecule has 0 aliphatic carbocycles. The summed E-state index contributed by atoms with van der Waals surface area (Å²) < 4.78 is 4.80. The van der Waals surface area contributed by atoms with Crippen LogP contribution in [-0.2, 0) is 9.53 Å². The van der Waals surface area contributed by atoms with E-state index < -0.39 is 0 Å². The van der Waals surface area contributed by atoms with Crippen molar-refractivity contribution in [1.82, 2.24) is 4.90 Å². The van der Waals surface area contributed by atoms with Crippen LogP contribution in [-0.4, -0.2) is 36.6 Å². The number of amides is 2. The van der Waals surface area contributed by atoms with E-state index in [0.29, 0.717) is 48.9 Å². The molecule has 0 bridgehead atoms. The fourth-order valence-electron chi connectivity index (χ4n) is 1.91. The van der Waals surface area contributed by atoms with Gasteiger partial charge in [0, 0.05) is 18.0 Å². The molecule has 0 atom stereocenters. The maximum Gasteiger partial charge on any atom is 0.409 e. The van der Waals surface area contributed by atoms with E-state index in [1.165, 1.54) is 0 Å². The zero-order valence-electron chi connectivity index (χ0n) is 10.9. The lowest BCUT2D eigenvalue weighted by Crippen LogP contribution is -2.26. The quantitative estimate of drug-likeness (QED) is 0.815. The Morgan fingerprint density at radius 1 is 1.50 bits per heavy atom. The highest BCUT2D eigenvalue weighted by atomic mass is 35.5. The highest BCUT2D eigenvalue weighted by molar-refractivity contribution is 6.31. The molecule has 20 heavy (non-hydrogen) atoms. The number of cyclic esters (lactones) is 1. The van der Waals surface area contributed by atoms with Gasteiger partial charge in [-0.3, -0.25) is 4.79 Å². The molecule has 2 amide bonds. The molecule has 1 fully saturated rings. The van der Waals surface area contributed by atoms with Crippen LogP contribution in [0.5, 0.6) is 0 Å². The number of ether oxygens (including phenoxy) is 1. The zero-order chi connectivity index (χ0) is 14.5. The molecule has 1 aromatic carbocycles. The van der Waals surface area contributed by atoms with Crippen molar-refractivity contribution in [3.05, 3.63) is 23.2 Å². The summed E-state index contributed by atoms with van der Waals surface area (Å²) in [6.45, 7) is 1.52. The van der Waals surface area contributed by atoms with Crippen LogP contribution in [0.1, 0.15) is 12.8 Å². The topological polar surface area (TPSA) is 84.7 Å². The first-order chi connectivity index (χ1) is 9.56. The molecule has 6 nitrogen and oxygen atoms in total. The van der Waals surface area contributed by atoms with Gasteiger partial charge in [0.15, 0.2) is 0 Å². The maximum absolute atomic E-state index is 11.8. The van der Waals surface area contributed by atoms with Gasteiger partial charge in [-0.1, -0.05) is 11.6 Å². The second-order valence-corrected chi connectivity index (χ2v) is 4.92. The number of hydrogen-bond acceptors (Lipinski definition) is 4. The predicted octanol–water partition coefficient (Wildman–Crippen LogP) is 2.09. The maximum atomic E-state index is 11.8. The second-order valence-electron chi connectivity index (χ2n) is 4.48. The number of benzene rings is 1. The number of halogens is 1. The molecular formula is C13H16ClN3O3. The highest BCUT2D eigenvalue weighted by Crippen LogP contribution is 2.23. The third-order valence-electron chi connectivity index (χ3n) is 2.97. The normalized spacial score (nSPS) is 14.2. The van der Waals surface area contributed by atoms with Crippen molar-refractivity contribution in [2.75, 3.05) is 30.7 Å². The van der Waals surface area contributed by atoms with E-state index in [-0.39, 0.29) is 12.0 Å². The number of nitrogen functional groups attached to an aromatic ring is 1. The Kier molecular flexibility index (Phi) is 4.68. The first-order valence-corrected chi connectivity index (χ1v) is 6.70. The van der Waals surface area contributed by atoms with Crippen LogP contribution in [0.25, 0.3) is 0 Å². The lowest BCUT2D eigenvalue weighted by molar-refractivity contribution is -0.116. The van der Waals surface area contributed by atoms with Crippen molar-refractivity contribution < 1.29 is 14.3 Å². The molecule has 0 radical (unpaired) electrons. The lowest BCUT2D eigenvalue weighted by atomic mass is 10.2. The molecule has 0 aromatic heterocycles. The smallest absolute Gasteiger partial charge is 0.409 e. The number of anilines is 2. The summed E-state index contributed by atoms with van der Waals surface area (Å²) >= 11 is 5.84. The van der Waals surface area contributed by atoms with Gasteiger partial charge < -0.3 is 20.7 Å². The van der Waals surface area contributed by atoms with E-state index >= 15 is 0 Å². The zero-order valence-corrected chi connectivity index (χ0v) is 11.7. The highest BCUT2D eigenvalue weighted by Gasteiger charge is 2.21. The van der Waals surface area contributed by atoms with Crippen LogP contribution in [0.2, 0.25) is 5.02 Å². The molecule has 108 valence electrons. The Hall–Kier alpha value is -1.95. The van der Waals surface area contributed by atoms with Gasteiger partial charge >= 0.3 is 6.09 Å². The molecule has 1 aliphatic heterocycles. The van der Waals surface area contributed by atoms with Crippen molar-refractivity contribution in [3.63, 3.8) is 0 Å². The summed E-state index contributed by atoms with van der Waals surface area (Å²) in [4.78, 5) is 24.6. The van der Waals surface area contributed by atoms with Crippen molar-refractivity contribution in [2.24, 2.45) is 0 Å². The van der Waals surface area contributed by atoms with E-state index in [0.717, 1.165) is 0 Å². The minimum absolute atomic E-state index is 0.161. The number of carbonyl (C=O) groups excluding carboxylic acids is 2. The third-order valence-corrected chi connectivity index (χ3v) is 3.20. The van der Waals surface area contributed by atoms with Crippen molar-refractivity contribution in [3.8, 4) is 0 Å². The Labute approximate surface area is 121 Å². The number of carbonyl (C=O) groups is 2. The summed E-state index contributed by atoms with van der Waals surface area (Å²) in [5, 5.41) is 3.21. The lowest BCUT2D eigenvalue weighted by Gasteiger charge is -2.12. The molecule has 0 spiro atoms. The van der Waals surface area contributed by atoms with Gasteiger partial charge in [0.2, 0.25) is 5.91 Å². The van der Waals surface area contributed by atoms with Gasteiger partial charge in [-0.25, -0.2) is 4.79 Å². The van der Waals surface area contributed by atoms with Crippen LogP contribution in [0.4, 0.5) is 16.2 Å². The summed E-state index contributed by atoms with van der Waals surface area (Å²) in [7, 11) is 0. The van der Waals surface area contributed by atoms with E-state index in [2.05, 4.69) is 5.32 Å². The number of rotatable bonds is 5. The summed E-state index contributed by atoms with van der Waals surface area (Å²) in [6.07, 6.45) is 0.557. The van der Waals surface area contributed by atoms with Crippen LogP contribution in [0.15, 0.2) is 18.2 Å². The van der Waals surface area contributed by atoms with E-state index in [1.54, 1.807) is 23.1 Å². The first-order valence-electron chi connectivity index (χ1n) is 6.33. The largest absolute Gasteiger partial charge is 0.448 e. The molecule has 1 aliphatic rings.